The van der Waals surface area contributed by atoms with Gasteiger partial charge < -0.3 is 4.90 Å². The third-order valence-electron chi connectivity index (χ3n) is 5.46. The van der Waals surface area contributed by atoms with Crippen LogP contribution in [-0.4, -0.2) is 24.5 Å². The molecule has 2 nitrogen and oxygen atoms in total. The van der Waals surface area contributed by atoms with Crippen LogP contribution in [0.25, 0.3) is 0 Å². The van der Waals surface area contributed by atoms with Crippen molar-refractivity contribution in [2.75, 3.05) is 19.6 Å². The maximum Gasteiger partial charge on any atom is 0.0991 e. The molecule has 2 aromatic rings. The number of hydrogen-bond donors (Lipinski definition) is 0. The lowest BCUT2D eigenvalue weighted by molar-refractivity contribution is 0.194. The number of nitrogens with zero attached hydrogens (tertiary/aromatic N) is 2. The highest BCUT2D eigenvalue weighted by Gasteiger charge is 2.14. The van der Waals surface area contributed by atoms with E-state index < -0.39 is 0 Å². The van der Waals surface area contributed by atoms with Gasteiger partial charge in [0.05, 0.1) is 11.6 Å². The lowest BCUT2D eigenvalue weighted by Gasteiger charge is -2.30. The van der Waals surface area contributed by atoms with Gasteiger partial charge in [-0.2, -0.15) is 5.26 Å². The van der Waals surface area contributed by atoms with Crippen molar-refractivity contribution in [3.8, 4) is 6.07 Å². The summed E-state index contributed by atoms with van der Waals surface area (Å²) >= 11 is 0. The Morgan fingerprint density at radius 3 is 2.26 bits per heavy atom. The zero-order valence-corrected chi connectivity index (χ0v) is 17.2. The molecule has 2 heteroatoms. The lowest BCUT2D eigenvalue weighted by Crippen LogP contribution is -2.34. The Hall–Kier alpha value is -2.11. The molecule has 0 N–H and O–H groups in total. The van der Waals surface area contributed by atoms with Gasteiger partial charge >= 0.3 is 0 Å². The number of rotatable bonds is 5. The van der Waals surface area contributed by atoms with Gasteiger partial charge in [-0.1, -0.05) is 56.7 Å². The molecular formula is C25H34N2. The van der Waals surface area contributed by atoms with Crippen LogP contribution >= 0.6 is 0 Å². The first-order chi connectivity index (χ1) is 13.1. The van der Waals surface area contributed by atoms with E-state index in [-0.39, 0.29) is 0 Å². The first kappa shape index (κ1) is 21.2. The number of likely N-dealkylation sites (tertiary alicyclic amines) is 1. The Morgan fingerprint density at radius 1 is 1.00 bits per heavy atom. The highest BCUT2D eigenvalue weighted by Crippen LogP contribution is 2.16. The SMILES string of the molecule is CC1CCN(CCc2ccc(C#N)cc2)CC1.CCCc1ccccc1C. The summed E-state index contributed by atoms with van der Waals surface area (Å²) in [4.78, 5) is 2.55. The molecule has 1 fully saturated rings. The minimum absolute atomic E-state index is 0.751. The summed E-state index contributed by atoms with van der Waals surface area (Å²) in [6.45, 7) is 10.4. The quantitative estimate of drug-likeness (QED) is 0.674. The van der Waals surface area contributed by atoms with Crippen LogP contribution in [0.4, 0.5) is 0 Å². The van der Waals surface area contributed by atoms with Crippen molar-refractivity contribution in [2.24, 2.45) is 5.92 Å². The van der Waals surface area contributed by atoms with Crippen LogP contribution in [0, 0.1) is 24.2 Å². The Balaban J connectivity index is 0.000000223. The minimum atomic E-state index is 0.751. The molecular weight excluding hydrogens is 328 g/mol. The van der Waals surface area contributed by atoms with Gasteiger partial charge in [-0.3, -0.25) is 0 Å². The molecule has 1 heterocycles. The molecule has 0 bridgehead atoms. The van der Waals surface area contributed by atoms with Crippen molar-refractivity contribution in [2.45, 2.75) is 52.9 Å². The molecule has 27 heavy (non-hydrogen) atoms. The predicted octanol–water partition coefficient (Wildman–Crippen LogP) is 5.78. The van der Waals surface area contributed by atoms with E-state index in [1.54, 1.807) is 0 Å². The van der Waals surface area contributed by atoms with E-state index in [0.29, 0.717) is 0 Å². The number of benzene rings is 2. The summed E-state index contributed by atoms with van der Waals surface area (Å²) in [6.07, 6.45) is 6.23. The fourth-order valence-corrected chi connectivity index (χ4v) is 3.48. The van der Waals surface area contributed by atoms with Gasteiger partial charge in [0.25, 0.3) is 0 Å². The molecule has 0 saturated carbocycles. The largest absolute Gasteiger partial charge is 0.303 e. The topological polar surface area (TPSA) is 27.0 Å². The summed E-state index contributed by atoms with van der Waals surface area (Å²) < 4.78 is 0. The Kier molecular flexibility index (Phi) is 9.08. The van der Waals surface area contributed by atoms with Crippen molar-refractivity contribution in [3.63, 3.8) is 0 Å². The fourth-order valence-electron chi connectivity index (χ4n) is 3.48. The monoisotopic (exact) mass is 362 g/mol. The van der Waals surface area contributed by atoms with E-state index >= 15 is 0 Å². The van der Waals surface area contributed by atoms with Crippen molar-refractivity contribution < 1.29 is 0 Å². The second kappa shape index (κ2) is 11.6. The maximum absolute atomic E-state index is 8.73. The Morgan fingerprint density at radius 2 is 1.67 bits per heavy atom. The average Bonchev–Trinajstić information content (AvgIpc) is 2.70. The molecule has 1 aliphatic rings. The first-order valence-electron chi connectivity index (χ1n) is 10.4. The molecule has 0 aliphatic carbocycles. The molecule has 0 unspecified atom stereocenters. The zero-order valence-electron chi connectivity index (χ0n) is 17.2. The van der Waals surface area contributed by atoms with E-state index in [1.807, 2.05) is 12.1 Å². The van der Waals surface area contributed by atoms with Gasteiger partial charge in [0, 0.05) is 6.54 Å². The summed E-state index contributed by atoms with van der Waals surface area (Å²) in [7, 11) is 0. The fraction of sp³-hybridized carbons (Fsp3) is 0.480. The molecule has 2 aromatic carbocycles. The van der Waals surface area contributed by atoms with Crippen LogP contribution in [-0.2, 0) is 12.8 Å². The van der Waals surface area contributed by atoms with Crippen LogP contribution < -0.4 is 0 Å². The molecule has 144 valence electrons. The maximum atomic E-state index is 8.73. The van der Waals surface area contributed by atoms with E-state index in [9.17, 15) is 0 Å². The Bertz CT molecular complexity index is 704. The van der Waals surface area contributed by atoms with Crippen LogP contribution in [0.3, 0.4) is 0 Å². The highest BCUT2D eigenvalue weighted by molar-refractivity contribution is 5.31. The van der Waals surface area contributed by atoms with E-state index in [4.69, 9.17) is 5.26 Å². The number of hydrogen-bond acceptors (Lipinski definition) is 2. The second-order valence-corrected chi connectivity index (χ2v) is 7.76. The van der Waals surface area contributed by atoms with Gasteiger partial charge in [0.2, 0.25) is 0 Å². The standard InChI is InChI=1S/C15H20N2.C10H14/c1-13-6-9-17(10-7-13)11-8-14-2-4-15(12-16)5-3-14;1-3-6-10-8-5-4-7-9(10)2/h2-5,13H,6-11H2,1H3;4-5,7-8H,3,6H2,1-2H3. The number of aryl methyl sites for hydroxylation is 2. The molecule has 3 rings (SSSR count). The van der Waals surface area contributed by atoms with Gasteiger partial charge in [0.15, 0.2) is 0 Å². The van der Waals surface area contributed by atoms with Crippen molar-refractivity contribution >= 4 is 0 Å². The third-order valence-corrected chi connectivity index (χ3v) is 5.46. The van der Waals surface area contributed by atoms with Crippen LogP contribution in [0.1, 0.15) is 55.4 Å². The molecule has 0 radical (unpaired) electrons. The molecule has 1 saturated heterocycles. The smallest absolute Gasteiger partial charge is 0.0991 e. The molecule has 0 spiro atoms. The van der Waals surface area contributed by atoms with Crippen LogP contribution in [0.2, 0.25) is 0 Å². The van der Waals surface area contributed by atoms with Gasteiger partial charge in [-0.05, 0) is 80.4 Å². The average molecular weight is 363 g/mol. The Labute approximate surface area is 165 Å². The van der Waals surface area contributed by atoms with Crippen LogP contribution in [0.15, 0.2) is 48.5 Å². The number of piperidine rings is 1. The summed E-state index contributed by atoms with van der Waals surface area (Å²) in [5.41, 5.74) is 5.00. The van der Waals surface area contributed by atoms with Crippen molar-refractivity contribution in [3.05, 3.63) is 70.8 Å². The van der Waals surface area contributed by atoms with E-state index in [1.165, 1.54) is 55.5 Å². The number of nitriles is 1. The zero-order chi connectivity index (χ0) is 19.5. The predicted molar refractivity (Wildman–Crippen MR) is 115 cm³/mol. The third kappa shape index (κ3) is 7.57. The minimum Gasteiger partial charge on any atom is -0.303 e. The van der Waals surface area contributed by atoms with Gasteiger partial charge in [0.1, 0.15) is 0 Å². The molecule has 0 amide bonds. The molecule has 0 atom stereocenters. The van der Waals surface area contributed by atoms with Crippen molar-refractivity contribution in [1.29, 1.82) is 5.26 Å². The normalized spacial score (nSPS) is 14.9. The summed E-state index contributed by atoms with van der Waals surface area (Å²) in [6, 6.07) is 18.7. The second-order valence-electron chi connectivity index (χ2n) is 7.76. The first-order valence-corrected chi connectivity index (χ1v) is 10.4. The summed E-state index contributed by atoms with van der Waals surface area (Å²) in [5.74, 6) is 0.904. The van der Waals surface area contributed by atoms with E-state index in [0.717, 1.165) is 24.4 Å². The summed E-state index contributed by atoms with van der Waals surface area (Å²) in [5, 5.41) is 8.73. The van der Waals surface area contributed by atoms with Crippen LogP contribution in [0.5, 0.6) is 0 Å². The van der Waals surface area contributed by atoms with Crippen molar-refractivity contribution in [1.82, 2.24) is 4.90 Å². The molecule has 0 aromatic heterocycles. The molecule has 1 aliphatic heterocycles. The van der Waals surface area contributed by atoms with Gasteiger partial charge in [-0.15, -0.1) is 0 Å². The van der Waals surface area contributed by atoms with E-state index in [2.05, 4.69) is 68.1 Å². The van der Waals surface area contributed by atoms with Gasteiger partial charge in [-0.25, -0.2) is 0 Å². The highest BCUT2D eigenvalue weighted by atomic mass is 15.1. The lowest BCUT2D eigenvalue weighted by atomic mass is 9.99.